The Bertz CT molecular complexity index is 763. The van der Waals surface area contributed by atoms with E-state index in [9.17, 15) is 0 Å². The topological polar surface area (TPSA) is 44.0 Å². The fourth-order valence-corrected chi connectivity index (χ4v) is 5.32. The van der Waals surface area contributed by atoms with Crippen LogP contribution in [-0.2, 0) is 6.54 Å². The third-order valence-corrected chi connectivity index (χ3v) is 7.04. The van der Waals surface area contributed by atoms with Crippen molar-refractivity contribution in [1.29, 1.82) is 0 Å². The van der Waals surface area contributed by atoms with Gasteiger partial charge < -0.3 is 24.6 Å². The van der Waals surface area contributed by atoms with Crippen molar-refractivity contribution in [1.82, 2.24) is 0 Å². The van der Waals surface area contributed by atoms with Gasteiger partial charge in [0.25, 0.3) is 0 Å². The van der Waals surface area contributed by atoms with Gasteiger partial charge in [0.15, 0.2) is 17.5 Å². The normalized spacial score (nSPS) is 23.2. The van der Waals surface area contributed by atoms with Crippen LogP contribution in [0.2, 0.25) is 5.02 Å². The predicted octanol–water partition coefficient (Wildman–Crippen LogP) is -0.219. The van der Waals surface area contributed by atoms with Crippen molar-refractivity contribution in [2.45, 2.75) is 19.0 Å². The molecule has 4 rings (SSSR count). The number of quaternary nitrogens is 3. The van der Waals surface area contributed by atoms with Gasteiger partial charge in [-0.05, 0) is 23.6 Å². The lowest BCUT2D eigenvalue weighted by Gasteiger charge is -2.32. The summed E-state index contributed by atoms with van der Waals surface area (Å²) < 4.78 is 11.6. The van der Waals surface area contributed by atoms with E-state index in [2.05, 4.69) is 35.9 Å². The van der Waals surface area contributed by atoms with Crippen LogP contribution in [0.4, 0.5) is 0 Å². The molecule has 0 unspecified atom stereocenters. The van der Waals surface area contributed by atoms with Crippen molar-refractivity contribution in [3.8, 4) is 11.5 Å². The lowest BCUT2D eigenvalue weighted by atomic mass is 10.1. The van der Waals surface area contributed by atoms with E-state index in [1.807, 2.05) is 17.4 Å². The van der Waals surface area contributed by atoms with Crippen LogP contribution in [0.3, 0.4) is 0 Å². The highest BCUT2D eigenvalue weighted by Crippen LogP contribution is 2.37. The molecule has 0 radical (unpaired) electrons. The fourth-order valence-electron chi connectivity index (χ4n) is 4.14. The zero-order valence-corrected chi connectivity index (χ0v) is 18.1. The average molecular weight is 425 g/mol. The first-order valence-corrected chi connectivity index (χ1v) is 11.6. The molecule has 0 aliphatic carbocycles. The third-order valence-electron chi connectivity index (χ3n) is 5.77. The summed E-state index contributed by atoms with van der Waals surface area (Å²) in [5.41, 5.74) is 1.19. The Morgan fingerprint density at radius 3 is 2.79 bits per heavy atom. The summed E-state index contributed by atoms with van der Waals surface area (Å²) in [4.78, 5) is 4.88. The summed E-state index contributed by atoms with van der Waals surface area (Å²) in [7, 11) is 2.30. The highest BCUT2D eigenvalue weighted by molar-refractivity contribution is 7.10. The molecular formula is C21H31ClN3O2S+3. The van der Waals surface area contributed by atoms with Crippen LogP contribution in [0.15, 0.2) is 29.6 Å². The quantitative estimate of drug-likeness (QED) is 0.600. The van der Waals surface area contributed by atoms with Gasteiger partial charge in [0.05, 0.1) is 30.2 Å². The maximum Gasteiger partial charge on any atom is 0.179 e. The maximum atomic E-state index is 6.45. The Morgan fingerprint density at radius 2 is 2.00 bits per heavy atom. The zero-order valence-electron chi connectivity index (χ0n) is 16.5. The van der Waals surface area contributed by atoms with Gasteiger partial charge in [-0.15, -0.1) is 11.3 Å². The molecule has 2 aliphatic heterocycles. The molecule has 5 nitrogen and oxygen atoms in total. The number of nitrogens with one attached hydrogen (secondary N) is 2. The SMILES string of the molecule is C[NH+]1CC[NH+]([C@@H](C[NH2+]Cc2cc(Cl)c3c(c2)OCCCO3)c2cccs2)CC1. The second-order valence-electron chi connectivity index (χ2n) is 7.87. The van der Waals surface area contributed by atoms with Gasteiger partial charge in [0.1, 0.15) is 39.3 Å². The molecule has 1 saturated heterocycles. The molecular weight excluding hydrogens is 394 g/mol. The number of piperazine rings is 1. The van der Waals surface area contributed by atoms with Crippen molar-refractivity contribution < 1.29 is 24.6 Å². The monoisotopic (exact) mass is 424 g/mol. The maximum absolute atomic E-state index is 6.45. The van der Waals surface area contributed by atoms with Crippen LogP contribution in [0, 0.1) is 0 Å². The molecule has 2 aliphatic rings. The largest absolute Gasteiger partial charge is 0.489 e. The Hall–Kier alpha value is -1.31. The molecule has 0 spiro atoms. The van der Waals surface area contributed by atoms with Crippen LogP contribution in [0.25, 0.3) is 0 Å². The molecule has 0 saturated carbocycles. The zero-order chi connectivity index (χ0) is 19.3. The lowest BCUT2D eigenvalue weighted by molar-refractivity contribution is -1.02. The number of hydrogen-bond donors (Lipinski definition) is 3. The second kappa shape index (κ2) is 9.46. The molecule has 1 atom stereocenters. The minimum atomic E-state index is 0.559. The van der Waals surface area contributed by atoms with E-state index in [4.69, 9.17) is 21.1 Å². The smallest absolute Gasteiger partial charge is 0.179 e. The molecule has 1 aromatic heterocycles. The number of fused-ring (bicyclic) bond motifs is 1. The van der Waals surface area contributed by atoms with Crippen molar-refractivity contribution >= 4 is 22.9 Å². The summed E-state index contributed by atoms with van der Waals surface area (Å²) in [5.74, 6) is 1.49. The Balaban J connectivity index is 1.41. The Kier molecular flexibility index (Phi) is 6.75. The number of hydrogen-bond acceptors (Lipinski definition) is 3. The molecule has 0 bridgehead atoms. The van der Waals surface area contributed by atoms with Crippen molar-refractivity contribution in [2.75, 3.05) is 53.0 Å². The van der Waals surface area contributed by atoms with Gasteiger partial charge in [-0.3, -0.25) is 0 Å². The second-order valence-corrected chi connectivity index (χ2v) is 9.25. The van der Waals surface area contributed by atoms with Crippen molar-refractivity contribution in [3.63, 3.8) is 0 Å². The number of rotatable bonds is 6. The van der Waals surface area contributed by atoms with Crippen LogP contribution in [-0.4, -0.2) is 53.0 Å². The standard InChI is InChI=1S/C21H28ClN3O2S/c1-24-5-7-25(8-6-24)18(20-4-2-11-28-20)15-23-14-16-12-17(22)21-19(13-16)26-9-3-10-27-21/h2,4,11-13,18,23H,3,5-10,14-15H2,1H3/p+3/t18-/m0/s1. The van der Waals surface area contributed by atoms with Gasteiger partial charge in [0.2, 0.25) is 0 Å². The van der Waals surface area contributed by atoms with E-state index in [0.29, 0.717) is 30.0 Å². The van der Waals surface area contributed by atoms with E-state index in [1.165, 1.54) is 36.6 Å². The van der Waals surface area contributed by atoms with E-state index in [1.54, 1.807) is 9.80 Å². The first kappa shape index (κ1) is 20.0. The number of ether oxygens (including phenoxy) is 2. The highest BCUT2D eigenvalue weighted by atomic mass is 35.5. The number of likely N-dealkylation sites (N-methyl/N-ethyl adjacent to an activating group) is 1. The van der Waals surface area contributed by atoms with Crippen LogP contribution < -0.4 is 24.6 Å². The first-order chi connectivity index (χ1) is 13.7. The van der Waals surface area contributed by atoms with Crippen LogP contribution in [0.5, 0.6) is 11.5 Å². The number of nitrogens with two attached hydrogens (primary N) is 1. The third kappa shape index (κ3) is 4.81. The molecule has 0 amide bonds. The van der Waals surface area contributed by atoms with Gasteiger partial charge in [-0.2, -0.15) is 0 Å². The van der Waals surface area contributed by atoms with E-state index < -0.39 is 0 Å². The van der Waals surface area contributed by atoms with Crippen LogP contribution in [0.1, 0.15) is 22.9 Å². The molecule has 28 heavy (non-hydrogen) atoms. The minimum Gasteiger partial charge on any atom is -0.489 e. The minimum absolute atomic E-state index is 0.559. The molecule has 152 valence electrons. The molecule has 1 aromatic carbocycles. The fraction of sp³-hybridized carbons (Fsp3) is 0.524. The van der Waals surface area contributed by atoms with Gasteiger partial charge in [-0.1, -0.05) is 17.7 Å². The summed E-state index contributed by atoms with van der Waals surface area (Å²) >= 11 is 8.34. The summed E-state index contributed by atoms with van der Waals surface area (Å²) in [5, 5.41) is 5.27. The summed E-state index contributed by atoms with van der Waals surface area (Å²) in [6.07, 6.45) is 0.893. The van der Waals surface area contributed by atoms with E-state index in [-0.39, 0.29) is 0 Å². The molecule has 3 heterocycles. The Morgan fingerprint density at radius 1 is 1.18 bits per heavy atom. The van der Waals surface area contributed by atoms with Gasteiger partial charge in [-0.25, -0.2) is 0 Å². The lowest BCUT2D eigenvalue weighted by Crippen LogP contribution is -3.27. The molecule has 1 fully saturated rings. The average Bonchev–Trinajstić information content (AvgIpc) is 3.11. The Labute approximate surface area is 176 Å². The van der Waals surface area contributed by atoms with Crippen molar-refractivity contribution in [3.05, 3.63) is 45.1 Å². The highest BCUT2D eigenvalue weighted by Gasteiger charge is 2.31. The summed E-state index contributed by atoms with van der Waals surface area (Å²) in [6, 6.07) is 9.15. The van der Waals surface area contributed by atoms with Gasteiger partial charge in [0, 0.05) is 12.0 Å². The van der Waals surface area contributed by atoms with Gasteiger partial charge >= 0.3 is 0 Å². The summed E-state index contributed by atoms with van der Waals surface area (Å²) in [6.45, 7) is 8.35. The molecule has 2 aromatic rings. The van der Waals surface area contributed by atoms with Crippen LogP contribution >= 0.6 is 22.9 Å². The van der Waals surface area contributed by atoms with Crippen molar-refractivity contribution in [2.24, 2.45) is 0 Å². The van der Waals surface area contributed by atoms with E-state index >= 15 is 0 Å². The predicted molar refractivity (Wildman–Crippen MR) is 112 cm³/mol. The first-order valence-electron chi connectivity index (χ1n) is 10.3. The number of thiophene rings is 1. The molecule has 4 N–H and O–H groups in total. The van der Waals surface area contributed by atoms with E-state index in [0.717, 1.165) is 25.3 Å². The number of halogens is 1. The molecule has 7 heteroatoms. The number of benzene rings is 1.